The summed E-state index contributed by atoms with van der Waals surface area (Å²) in [6.45, 7) is -0.825. The second-order valence-corrected chi connectivity index (χ2v) is 5.38. The average Bonchev–Trinajstić information content (AvgIpc) is 2.35. The van der Waals surface area contributed by atoms with Crippen LogP contribution in [0.4, 0.5) is 0 Å². The molecular formula is C12H7BCl4O. The first-order valence-electron chi connectivity index (χ1n) is 5.07. The number of hydrogen-bond acceptors (Lipinski definition) is 1. The zero-order valence-corrected chi connectivity index (χ0v) is 12.0. The van der Waals surface area contributed by atoms with Gasteiger partial charge >= 0.3 is 6.92 Å². The molecule has 0 bridgehead atoms. The third kappa shape index (κ3) is 2.96. The molecule has 0 spiro atoms. The van der Waals surface area contributed by atoms with E-state index in [0.29, 0.717) is 31.0 Å². The Balaban J connectivity index is 2.37. The van der Waals surface area contributed by atoms with Gasteiger partial charge in [0.2, 0.25) is 0 Å². The van der Waals surface area contributed by atoms with E-state index in [1.165, 1.54) is 0 Å². The van der Waals surface area contributed by atoms with Crippen LogP contribution >= 0.6 is 46.4 Å². The maximum Gasteiger partial charge on any atom is 0.359 e. The van der Waals surface area contributed by atoms with Crippen LogP contribution in [-0.2, 0) is 0 Å². The molecule has 0 aromatic heterocycles. The molecule has 1 N–H and O–H groups in total. The summed E-state index contributed by atoms with van der Waals surface area (Å²) in [6, 6.07) is 9.94. The van der Waals surface area contributed by atoms with Gasteiger partial charge in [-0.05, 0) is 35.2 Å². The first kappa shape index (κ1) is 14.0. The molecule has 0 aliphatic carbocycles. The molecule has 6 heteroatoms. The van der Waals surface area contributed by atoms with E-state index in [1.807, 2.05) is 0 Å². The zero-order valence-electron chi connectivity index (χ0n) is 9.00. The lowest BCUT2D eigenvalue weighted by Gasteiger charge is -2.09. The second kappa shape index (κ2) is 5.73. The van der Waals surface area contributed by atoms with Gasteiger partial charge in [0.05, 0.1) is 20.1 Å². The van der Waals surface area contributed by atoms with Crippen molar-refractivity contribution >= 4 is 64.2 Å². The van der Waals surface area contributed by atoms with Gasteiger partial charge in [0, 0.05) is 0 Å². The molecule has 18 heavy (non-hydrogen) atoms. The van der Waals surface area contributed by atoms with Gasteiger partial charge in [-0.15, -0.1) is 0 Å². The first-order valence-corrected chi connectivity index (χ1v) is 6.58. The fourth-order valence-electron chi connectivity index (χ4n) is 1.56. The van der Waals surface area contributed by atoms with Crippen LogP contribution < -0.4 is 10.9 Å². The highest BCUT2D eigenvalue weighted by atomic mass is 35.5. The SMILES string of the molecule is OB(c1ccc(Cl)c(Cl)c1)c1ccc(Cl)c(Cl)c1. The number of rotatable bonds is 2. The Morgan fingerprint density at radius 2 is 1.06 bits per heavy atom. The molecule has 0 fully saturated rings. The van der Waals surface area contributed by atoms with Gasteiger partial charge in [-0.25, -0.2) is 0 Å². The number of hydrogen-bond donors (Lipinski definition) is 1. The molecule has 2 rings (SSSR count). The van der Waals surface area contributed by atoms with Crippen molar-refractivity contribution in [2.24, 2.45) is 0 Å². The Hall–Kier alpha value is -0.375. The molecule has 0 saturated heterocycles. The highest BCUT2D eigenvalue weighted by molar-refractivity contribution is 6.79. The van der Waals surface area contributed by atoms with Crippen LogP contribution in [0.15, 0.2) is 36.4 Å². The Kier molecular flexibility index (Phi) is 4.47. The predicted molar refractivity (Wildman–Crippen MR) is 80.2 cm³/mol. The van der Waals surface area contributed by atoms with Crippen molar-refractivity contribution < 1.29 is 5.02 Å². The third-order valence-corrected chi connectivity index (χ3v) is 4.00. The summed E-state index contributed by atoms with van der Waals surface area (Å²) in [4.78, 5) is 0. The van der Waals surface area contributed by atoms with Crippen LogP contribution in [0.2, 0.25) is 20.1 Å². The van der Waals surface area contributed by atoms with Gasteiger partial charge < -0.3 is 5.02 Å². The summed E-state index contributed by atoms with van der Waals surface area (Å²) in [5, 5.41) is 11.9. The van der Waals surface area contributed by atoms with E-state index in [-0.39, 0.29) is 0 Å². The summed E-state index contributed by atoms with van der Waals surface area (Å²) in [7, 11) is 0. The maximum absolute atomic E-state index is 10.2. The quantitative estimate of drug-likeness (QED) is 0.841. The highest BCUT2D eigenvalue weighted by Crippen LogP contribution is 2.21. The summed E-state index contributed by atoms with van der Waals surface area (Å²) >= 11 is 23.5. The standard InChI is InChI=1S/C12H7BCl4O/c14-9-3-1-7(5-11(9)16)13(18)8-2-4-10(15)12(17)6-8/h1-6,18H. The minimum Gasteiger partial charge on any atom is -0.443 e. The van der Waals surface area contributed by atoms with Crippen molar-refractivity contribution in [3.8, 4) is 0 Å². The second-order valence-electron chi connectivity index (χ2n) is 3.75. The fraction of sp³-hybridized carbons (Fsp3) is 0. The van der Waals surface area contributed by atoms with E-state index < -0.39 is 6.92 Å². The van der Waals surface area contributed by atoms with Gasteiger partial charge in [0.25, 0.3) is 0 Å². The zero-order chi connectivity index (χ0) is 13.3. The molecule has 92 valence electrons. The lowest BCUT2D eigenvalue weighted by atomic mass is 9.56. The Labute approximate surface area is 125 Å². The molecule has 0 unspecified atom stereocenters. The van der Waals surface area contributed by atoms with Crippen LogP contribution in [-0.4, -0.2) is 11.9 Å². The van der Waals surface area contributed by atoms with Gasteiger partial charge in [0.1, 0.15) is 0 Å². The Bertz CT molecular complexity index is 537. The van der Waals surface area contributed by atoms with E-state index in [1.54, 1.807) is 36.4 Å². The number of benzene rings is 2. The normalized spacial score (nSPS) is 10.5. The molecule has 2 aromatic rings. The van der Waals surface area contributed by atoms with Crippen LogP contribution in [0.1, 0.15) is 0 Å². The lowest BCUT2D eigenvalue weighted by molar-refractivity contribution is 0.600. The monoisotopic (exact) mass is 318 g/mol. The Morgan fingerprint density at radius 1 is 0.667 bits per heavy atom. The number of halogens is 4. The van der Waals surface area contributed by atoms with Crippen molar-refractivity contribution in [1.29, 1.82) is 0 Å². The molecular weight excluding hydrogens is 313 g/mol. The summed E-state index contributed by atoms with van der Waals surface area (Å²) in [6.07, 6.45) is 0. The molecule has 0 amide bonds. The smallest absolute Gasteiger partial charge is 0.359 e. The minimum absolute atomic E-state index is 0.397. The largest absolute Gasteiger partial charge is 0.443 e. The van der Waals surface area contributed by atoms with Crippen molar-refractivity contribution in [2.75, 3.05) is 0 Å². The summed E-state index contributed by atoms with van der Waals surface area (Å²) in [5.41, 5.74) is 1.28. The van der Waals surface area contributed by atoms with Crippen LogP contribution in [0, 0.1) is 0 Å². The van der Waals surface area contributed by atoms with Gasteiger partial charge in [0.15, 0.2) is 0 Å². The predicted octanol–water partition coefficient (Wildman–Crippen LogP) is 3.40. The van der Waals surface area contributed by atoms with Gasteiger partial charge in [-0.2, -0.15) is 0 Å². The van der Waals surface area contributed by atoms with E-state index in [9.17, 15) is 5.02 Å². The van der Waals surface area contributed by atoms with Crippen LogP contribution in [0.5, 0.6) is 0 Å². The molecule has 0 heterocycles. The lowest BCUT2D eigenvalue weighted by Crippen LogP contribution is -2.42. The van der Waals surface area contributed by atoms with Crippen molar-refractivity contribution in [2.45, 2.75) is 0 Å². The van der Waals surface area contributed by atoms with Crippen molar-refractivity contribution in [3.63, 3.8) is 0 Å². The van der Waals surface area contributed by atoms with Gasteiger partial charge in [-0.3, -0.25) is 0 Å². The van der Waals surface area contributed by atoms with Crippen LogP contribution in [0.3, 0.4) is 0 Å². The molecule has 0 radical (unpaired) electrons. The molecule has 2 aromatic carbocycles. The van der Waals surface area contributed by atoms with E-state index in [4.69, 9.17) is 46.4 Å². The van der Waals surface area contributed by atoms with Gasteiger partial charge in [-0.1, -0.05) is 58.5 Å². The minimum atomic E-state index is -0.825. The molecule has 0 aliphatic rings. The summed E-state index contributed by atoms with van der Waals surface area (Å²) < 4.78 is 0. The first-order chi connectivity index (χ1) is 8.49. The third-order valence-electron chi connectivity index (χ3n) is 2.52. The molecule has 0 saturated carbocycles. The highest BCUT2D eigenvalue weighted by Gasteiger charge is 2.18. The average molecular weight is 320 g/mol. The molecule has 0 aliphatic heterocycles. The molecule has 1 nitrogen and oxygen atoms in total. The van der Waals surface area contributed by atoms with Crippen LogP contribution in [0.25, 0.3) is 0 Å². The summed E-state index contributed by atoms with van der Waals surface area (Å²) in [5.74, 6) is 0. The fourth-order valence-corrected chi connectivity index (χ4v) is 2.17. The van der Waals surface area contributed by atoms with Crippen molar-refractivity contribution in [3.05, 3.63) is 56.5 Å². The molecule has 0 atom stereocenters. The Morgan fingerprint density at radius 3 is 1.39 bits per heavy atom. The van der Waals surface area contributed by atoms with Crippen molar-refractivity contribution in [1.82, 2.24) is 0 Å². The van der Waals surface area contributed by atoms with E-state index in [2.05, 4.69) is 0 Å². The maximum atomic E-state index is 10.2. The van der Waals surface area contributed by atoms with E-state index >= 15 is 0 Å². The van der Waals surface area contributed by atoms with E-state index in [0.717, 1.165) is 0 Å². The topological polar surface area (TPSA) is 20.2 Å².